The lowest BCUT2D eigenvalue weighted by atomic mass is 9.95. The van der Waals surface area contributed by atoms with Crippen molar-refractivity contribution >= 4 is 24.0 Å². The van der Waals surface area contributed by atoms with E-state index in [1.54, 1.807) is 4.90 Å². The van der Waals surface area contributed by atoms with E-state index in [0.29, 0.717) is 32.2 Å². The number of nitrogens with one attached hydrogen (secondary N) is 2. The molecule has 0 aromatic heterocycles. The van der Waals surface area contributed by atoms with Crippen LogP contribution in [-0.4, -0.2) is 54.1 Å². The van der Waals surface area contributed by atoms with Gasteiger partial charge in [0.05, 0.1) is 12.0 Å². The van der Waals surface area contributed by atoms with Crippen molar-refractivity contribution in [3.05, 3.63) is 35.9 Å². The lowest BCUT2D eigenvalue weighted by Crippen LogP contribution is -2.53. The molecule has 1 aliphatic carbocycles. The minimum Gasteiger partial charge on any atom is -0.356 e. The smallest absolute Gasteiger partial charge is 0.243 e. The lowest BCUT2D eigenvalue weighted by molar-refractivity contribution is -0.141. The number of amides is 3. The monoisotopic (exact) mass is 425 g/mol. The molecule has 0 bridgehead atoms. The molecule has 7 heteroatoms. The standard InChI is InChI=1S/C24H31N3O4/c1-14(15-7-5-4-6-8-15)23(31)27-12-18-19(24(18,2)3)20(27)22(30)26-17(13-28)11-16-9-10-25-21(16)29/h4-8,13-14,16-20H,9-12H2,1-3H3,(H,25,29)(H,26,30)/t14-,16-,17-,18-,19-,20-/m0/s1. The molecule has 0 spiro atoms. The minimum atomic E-state index is -0.731. The summed E-state index contributed by atoms with van der Waals surface area (Å²) in [5, 5.41) is 5.60. The zero-order valence-corrected chi connectivity index (χ0v) is 18.3. The molecule has 2 aliphatic heterocycles. The number of hydrogen-bond acceptors (Lipinski definition) is 4. The number of fused-ring (bicyclic) bond motifs is 1. The molecule has 3 aliphatic rings. The van der Waals surface area contributed by atoms with Crippen LogP contribution in [0.5, 0.6) is 0 Å². The van der Waals surface area contributed by atoms with E-state index in [1.807, 2.05) is 37.3 Å². The normalized spacial score (nSPS) is 30.2. The average Bonchev–Trinajstić information content (AvgIpc) is 3.13. The fraction of sp³-hybridized carbons (Fsp3) is 0.583. The van der Waals surface area contributed by atoms with Gasteiger partial charge in [-0.3, -0.25) is 14.4 Å². The van der Waals surface area contributed by atoms with E-state index in [9.17, 15) is 19.2 Å². The van der Waals surface area contributed by atoms with E-state index in [4.69, 9.17) is 0 Å². The molecule has 31 heavy (non-hydrogen) atoms. The van der Waals surface area contributed by atoms with Crippen molar-refractivity contribution in [2.45, 2.75) is 51.6 Å². The maximum Gasteiger partial charge on any atom is 0.243 e. The van der Waals surface area contributed by atoms with Gasteiger partial charge in [-0.05, 0) is 42.6 Å². The Morgan fingerprint density at radius 1 is 1.29 bits per heavy atom. The van der Waals surface area contributed by atoms with Gasteiger partial charge in [0.15, 0.2) is 0 Å². The summed E-state index contributed by atoms with van der Waals surface area (Å²) in [6, 6.07) is 8.25. The van der Waals surface area contributed by atoms with Crippen molar-refractivity contribution in [3.63, 3.8) is 0 Å². The SMILES string of the molecule is C[C@H](C(=O)N1C[C@H]2[C@@H]([C@H]1C(=O)N[C@H](C=O)C[C@@H]1CCNC1=O)C2(C)C)c1ccccc1. The van der Waals surface area contributed by atoms with Crippen LogP contribution in [0, 0.1) is 23.2 Å². The van der Waals surface area contributed by atoms with Gasteiger partial charge in [-0.2, -0.15) is 0 Å². The molecule has 3 fully saturated rings. The van der Waals surface area contributed by atoms with E-state index >= 15 is 0 Å². The average molecular weight is 426 g/mol. The fourth-order valence-electron chi connectivity index (χ4n) is 5.54. The highest BCUT2D eigenvalue weighted by Gasteiger charge is 2.69. The zero-order chi connectivity index (χ0) is 22.3. The Labute approximate surface area is 182 Å². The van der Waals surface area contributed by atoms with Gasteiger partial charge in [0.1, 0.15) is 12.3 Å². The highest BCUT2D eigenvalue weighted by Crippen LogP contribution is 2.65. The van der Waals surface area contributed by atoms with Crippen molar-refractivity contribution < 1.29 is 19.2 Å². The van der Waals surface area contributed by atoms with Gasteiger partial charge in [0.2, 0.25) is 17.7 Å². The Morgan fingerprint density at radius 3 is 2.61 bits per heavy atom. The summed E-state index contributed by atoms with van der Waals surface area (Å²) in [4.78, 5) is 51.9. The number of benzene rings is 1. The van der Waals surface area contributed by atoms with E-state index in [-0.39, 0.29) is 46.8 Å². The van der Waals surface area contributed by atoms with Crippen LogP contribution >= 0.6 is 0 Å². The number of rotatable bonds is 7. The number of carbonyl (C=O) groups excluding carboxylic acids is 4. The molecule has 0 radical (unpaired) electrons. The number of piperidine rings is 1. The number of hydrogen-bond donors (Lipinski definition) is 2. The topological polar surface area (TPSA) is 95.6 Å². The molecular weight excluding hydrogens is 394 g/mol. The first-order chi connectivity index (χ1) is 14.8. The number of carbonyl (C=O) groups is 4. The lowest BCUT2D eigenvalue weighted by Gasteiger charge is -2.32. The largest absolute Gasteiger partial charge is 0.356 e. The molecule has 0 unspecified atom stereocenters. The van der Waals surface area contributed by atoms with Gasteiger partial charge in [-0.25, -0.2) is 0 Å². The number of aldehydes is 1. The van der Waals surface area contributed by atoms with E-state index < -0.39 is 12.1 Å². The van der Waals surface area contributed by atoms with Crippen molar-refractivity contribution in [1.82, 2.24) is 15.5 Å². The van der Waals surface area contributed by atoms with Crippen LogP contribution in [-0.2, 0) is 19.2 Å². The number of nitrogens with zero attached hydrogens (tertiary/aromatic N) is 1. The third-order valence-corrected chi connectivity index (χ3v) is 7.62. The highest BCUT2D eigenvalue weighted by atomic mass is 16.2. The molecule has 1 aromatic carbocycles. The predicted molar refractivity (Wildman–Crippen MR) is 115 cm³/mol. The van der Waals surface area contributed by atoms with Crippen molar-refractivity contribution in [2.75, 3.05) is 13.1 Å². The van der Waals surface area contributed by atoms with Gasteiger partial charge in [0, 0.05) is 19.0 Å². The van der Waals surface area contributed by atoms with Gasteiger partial charge in [0.25, 0.3) is 0 Å². The first kappa shape index (κ1) is 21.5. The van der Waals surface area contributed by atoms with Crippen molar-refractivity contribution in [2.24, 2.45) is 23.2 Å². The maximum absolute atomic E-state index is 13.3. The van der Waals surface area contributed by atoms with Crippen LogP contribution in [0.3, 0.4) is 0 Å². The summed E-state index contributed by atoms with van der Waals surface area (Å²) in [5.41, 5.74) is 0.918. The first-order valence-electron chi connectivity index (χ1n) is 11.1. The summed E-state index contributed by atoms with van der Waals surface area (Å²) in [6.45, 7) is 7.29. The Kier molecular flexibility index (Phi) is 5.62. The second-order valence-electron chi connectivity index (χ2n) is 9.78. The minimum absolute atomic E-state index is 0.00319. The molecular formula is C24H31N3O4. The van der Waals surface area contributed by atoms with Crippen LogP contribution in [0.15, 0.2) is 30.3 Å². The Balaban J connectivity index is 1.49. The predicted octanol–water partition coefficient (Wildman–Crippen LogP) is 1.48. The molecule has 2 saturated heterocycles. The molecule has 1 saturated carbocycles. The zero-order valence-electron chi connectivity index (χ0n) is 18.3. The van der Waals surface area contributed by atoms with Crippen molar-refractivity contribution in [1.29, 1.82) is 0 Å². The third-order valence-electron chi connectivity index (χ3n) is 7.62. The number of likely N-dealkylation sites (tertiary alicyclic amines) is 1. The molecule has 1 aromatic rings. The first-order valence-corrected chi connectivity index (χ1v) is 11.1. The summed E-state index contributed by atoms with van der Waals surface area (Å²) in [5.74, 6) is -0.665. The summed E-state index contributed by atoms with van der Waals surface area (Å²) in [7, 11) is 0. The highest BCUT2D eigenvalue weighted by molar-refractivity contribution is 5.93. The molecule has 6 atom stereocenters. The van der Waals surface area contributed by atoms with Crippen LogP contribution in [0.1, 0.15) is 45.1 Å². The van der Waals surface area contributed by atoms with E-state index in [2.05, 4.69) is 24.5 Å². The Morgan fingerprint density at radius 2 is 2.00 bits per heavy atom. The molecule has 2 heterocycles. The van der Waals surface area contributed by atoms with Gasteiger partial charge < -0.3 is 20.3 Å². The second-order valence-corrected chi connectivity index (χ2v) is 9.78. The maximum atomic E-state index is 13.3. The van der Waals surface area contributed by atoms with Crippen LogP contribution in [0.2, 0.25) is 0 Å². The third kappa shape index (κ3) is 3.86. The van der Waals surface area contributed by atoms with Crippen LogP contribution in [0.4, 0.5) is 0 Å². The van der Waals surface area contributed by atoms with Gasteiger partial charge >= 0.3 is 0 Å². The Hall–Kier alpha value is -2.70. The van der Waals surface area contributed by atoms with E-state index in [1.165, 1.54) is 0 Å². The molecule has 4 rings (SSSR count). The van der Waals surface area contributed by atoms with E-state index in [0.717, 1.165) is 5.56 Å². The quantitative estimate of drug-likeness (QED) is 0.647. The van der Waals surface area contributed by atoms with Crippen LogP contribution in [0.25, 0.3) is 0 Å². The fourth-order valence-corrected chi connectivity index (χ4v) is 5.54. The summed E-state index contributed by atoms with van der Waals surface area (Å²) < 4.78 is 0. The van der Waals surface area contributed by atoms with Crippen LogP contribution < -0.4 is 10.6 Å². The molecule has 3 amide bonds. The summed E-state index contributed by atoms with van der Waals surface area (Å²) in [6.07, 6.45) is 1.66. The molecule has 7 nitrogen and oxygen atoms in total. The van der Waals surface area contributed by atoms with Crippen molar-refractivity contribution in [3.8, 4) is 0 Å². The van der Waals surface area contributed by atoms with Gasteiger partial charge in [-0.1, -0.05) is 44.2 Å². The molecule has 2 N–H and O–H groups in total. The summed E-state index contributed by atoms with van der Waals surface area (Å²) >= 11 is 0. The Bertz CT molecular complexity index is 884. The molecule has 166 valence electrons. The second kappa shape index (κ2) is 8.09. The van der Waals surface area contributed by atoms with Gasteiger partial charge in [-0.15, -0.1) is 0 Å².